The van der Waals surface area contributed by atoms with Gasteiger partial charge in [0.05, 0.1) is 32.7 Å². The van der Waals surface area contributed by atoms with Crippen molar-refractivity contribution in [2.75, 3.05) is 53.4 Å². The lowest BCUT2D eigenvalue weighted by atomic mass is 9.85. The van der Waals surface area contributed by atoms with E-state index in [9.17, 15) is 33.6 Å². The van der Waals surface area contributed by atoms with E-state index in [0.29, 0.717) is 24.7 Å². The average Bonchev–Trinajstić information content (AvgIpc) is 2.94. The second kappa shape index (κ2) is 16.8. The number of amides is 7. The van der Waals surface area contributed by atoms with Crippen molar-refractivity contribution in [3.8, 4) is 0 Å². The molecule has 246 valence electrons. The third-order valence-electron chi connectivity index (χ3n) is 7.56. The lowest BCUT2D eigenvalue weighted by Crippen LogP contribution is -2.56. The van der Waals surface area contributed by atoms with Gasteiger partial charge < -0.3 is 36.0 Å². The number of rotatable bonds is 4. The van der Waals surface area contributed by atoms with Gasteiger partial charge in [-0.05, 0) is 44.4 Å². The van der Waals surface area contributed by atoms with Crippen LogP contribution in [0.4, 0.5) is 0 Å². The molecule has 44 heavy (non-hydrogen) atoms. The van der Waals surface area contributed by atoms with Gasteiger partial charge in [0, 0.05) is 20.6 Å². The molecule has 14 heteroatoms. The van der Waals surface area contributed by atoms with Gasteiger partial charge in [-0.1, -0.05) is 38.8 Å². The number of fused-ring (bicyclic) bond motifs is 2. The van der Waals surface area contributed by atoms with Crippen LogP contribution in [-0.2, 0) is 33.6 Å². The number of nitrogens with zero attached hydrogens (tertiary/aromatic N) is 3. The maximum atomic E-state index is 14.0. The Morgan fingerprint density at radius 3 is 1.86 bits per heavy atom. The Morgan fingerprint density at radius 1 is 0.705 bits per heavy atom. The number of likely N-dealkylation sites (N-methyl/N-ethyl adjacent to an activating group) is 2. The van der Waals surface area contributed by atoms with E-state index >= 15 is 0 Å². The first-order chi connectivity index (χ1) is 20.6. The summed E-state index contributed by atoms with van der Waals surface area (Å²) in [5.74, 6) is -3.22. The minimum Gasteiger partial charge on any atom is -0.345 e. The van der Waals surface area contributed by atoms with Gasteiger partial charge in [0.25, 0.3) is 0 Å². The molecule has 1 fully saturated rings. The van der Waals surface area contributed by atoms with Crippen molar-refractivity contribution in [1.29, 1.82) is 0 Å². The molecule has 0 aromatic rings. The summed E-state index contributed by atoms with van der Waals surface area (Å²) in [6.07, 6.45) is 2.44. The second-order valence-corrected chi connectivity index (χ2v) is 12.5. The summed E-state index contributed by atoms with van der Waals surface area (Å²) < 4.78 is 0. The van der Waals surface area contributed by atoms with Gasteiger partial charge >= 0.3 is 0 Å². The van der Waals surface area contributed by atoms with E-state index in [1.165, 1.54) is 36.4 Å². The fraction of sp³-hybridized carbons (Fsp3) is 0.700. The zero-order valence-electron chi connectivity index (χ0n) is 27.1. The summed E-state index contributed by atoms with van der Waals surface area (Å²) in [6.45, 7) is 8.27. The van der Waals surface area contributed by atoms with Crippen molar-refractivity contribution in [3.05, 3.63) is 11.1 Å². The first-order valence-corrected chi connectivity index (χ1v) is 15.2. The zero-order valence-corrected chi connectivity index (χ0v) is 27.1. The number of hydrogen-bond donors (Lipinski definition) is 4. The highest BCUT2D eigenvalue weighted by Gasteiger charge is 2.36. The molecule has 0 saturated carbocycles. The van der Waals surface area contributed by atoms with Crippen LogP contribution in [0.15, 0.2) is 11.1 Å². The molecule has 14 nitrogen and oxygen atoms in total. The number of carbonyl (C=O) groups excluding carboxylic acids is 7. The minimum absolute atomic E-state index is 0.257. The van der Waals surface area contributed by atoms with Crippen LogP contribution in [0.5, 0.6) is 0 Å². The van der Waals surface area contributed by atoms with Crippen molar-refractivity contribution < 1.29 is 33.6 Å². The van der Waals surface area contributed by atoms with Crippen LogP contribution in [-0.4, -0.2) is 121 Å². The predicted octanol–water partition coefficient (Wildman–Crippen LogP) is -0.850. The predicted molar refractivity (Wildman–Crippen MR) is 163 cm³/mol. The highest BCUT2D eigenvalue weighted by molar-refractivity contribution is 5.95. The van der Waals surface area contributed by atoms with Gasteiger partial charge in [0.1, 0.15) is 12.1 Å². The summed E-state index contributed by atoms with van der Waals surface area (Å²) in [5.41, 5.74) is 2.32. The maximum absolute atomic E-state index is 14.0. The molecule has 2 heterocycles. The summed E-state index contributed by atoms with van der Waals surface area (Å²) in [4.78, 5) is 93.7. The van der Waals surface area contributed by atoms with E-state index in [1.54, 1.807) is 0 Å². The van der Waals surface area contributed by atoms with Crippen LogP contribution in [0.3, 0.4) is 0 Å². The van der Waals surface area contributed by atoms with Crippen molar-refractivity contribution in [3.63, 3.8) is 0 Å². The van der Waals surface area contributed by atoms with E-state index < -0.39 is 73.1 Å². The normalized spacial score (nSPS) is 23.1. The average molecular weight is 620 g/mol. The van der Waals surface area contributed by atoms with Gasteiger partial charge in [-0.25, -0.2) is 0 Å². The molecule has 0 aromatic carbocycles. The summed E-state index contributed by atoms with van der Waals surface area (Å²) in [5, 5.41) is 9.86. The van der Waals surface area contributed by atoms with E-state index in [-0.39, 0.29) is 19.6 Å². The number of carbonyl (C=O) groups is 7. The molecule has 0 aromatic heterocycles. The molecule has 2 unspecified atom stereocenters. The molecule has 2 atom stereocenters. The lowest BCUT2D eigenvalue weighted by Gasteiger charge is -2.37. The van der Waals surface area contributed by atoms with Crippen LogP contribution in [0.2, 0.25) is 0 Å². The molecule has 4 N–H and O–H groups in total. The molecule has 0 aliphatic carbocycles. The Morgan fingerprint density at radius 2 is 1.25 bits per heavy atom. The highest BCUT2D eigenvalue weighted by atomic mass is 16.2. The Bertz CT molecular complexity index is 1150. The fourth-order valence-electron chi connectivity index (χ4n) is 5.28. The van der Waals surface area contributed by atoms with E-state index in [2.05, 4.69) is 49.0 Å². The van der Waals surface area contributed by atoms with Crippen molar-refractivity contribution in [2.45, 2.75) is 72.4 Å². The zero-order chi connectivity index (χ0) is 33.1. The summed E-state index contributed by atoms with van der Waals surface area (Å²) >= 11 is 0. The van der Waals surface area contributed by atoms with Gasteiger partial charge in [0.2, 0.25) is 41.4 Å². The van der Waals surface area contributed by atoms with Crippen molar-refractivity contribution in [1.82, 2.24) is 36.0 Å². The second-order valence-electron chi connectivity index (χ2n) is 12.5. The molecule has 7 amide bonds. The standard InChI is InChI=1S/C30H49N7O7/c1-18(2)10-21-8-9-37-17-27(41)31-13-24(38)33-15-28(42)35(6)16-26(40)32-14-25(39)34-20(5)29(43)36(7)23(30(37)44)12-22(21)11-19(3)4/h18-20,23H,8-17H2,1-7H3,(H,31,41)(H,32,40)(H,33,38)(H,34,39). The highest BCUT2D eigenvalue weighted by Crippen LogP contribution is 2.31. The van der Waals surface area contributed by atoms with Crippen LogP contribution in [0.1, 0.15) is 60.3 Å². The van der Waals surface area contributed by atoms with Crippen LogP contribution < -0.4 is 21.3 Å². The maximum Gasteiger partial charge on any atom is 0.246 e. The fourth-order valence-corrected chi connectivity index (χ4v) is 5.28. The Hall–Kier alpha value is -3.97. The molecule has 2 aliphatic heterocycles. The van der Waals surface area contributed by atoms with Crippen LogP contribution in [0.25, 0.3) is 0 Å². The Balaban J connectivity index is 2.45. The van der Waals surface area contributed by atoms with Crippen LogP contribution in [0, 0.1) is 11.8 Å². The summed E-state index contributed by atoms with van der Waals surface area (Å²) in [7, 11) is 2.88. The number of hydrogen-bond acceptors (Lipinski definition) is 7. The molecular weight excluding hydrogens is 570 g/mol. The first-order valence-electron chi connectivity index (χ1n) is 15.2. The molecule has 2 rings (SSSR count). The van der Waals surface area contributed by atoms with E-state index in [4.69, 9.17) is 0 Å². The van der Waals surface area contributed by atoms with Gasteiger partial charge in [-0.15, -0.1) is 0 Å². The first kappa shape index (κ1) is 36.2. The van der Waals surface area contributed by atoms with E-state index in [0.717, 1.165) is 23.3 Å². The molecular formula is C30H49N7O7. The van der Waals surface area contributed by atoms with Crippen molar-refractivity contribution in [2.24, 2.45) is 11.8 Å². The quantitative estimate of drug-likeness (QED) is 0.296. The molecule has 2 bridgehead atoms. The Kier molecular flexibility index (Phi) is 13.8. The molecule has 2 aliphatic rings. The molecule has 0 spiro atoms. The summed E-state index contributed by atoms with van der Waals surface area (Å²) in [6, 6.07) is -1.94. The smallest absolute Gasteiger partial charge is 0.246 e. The molecule has 0 radical (unpaired) electrons. The van der Waals surface area contributed by atoms with Gasteiger partial charge in [-0.2, -0.15) is 0 Å². The largest absolute Gasteiger partial charge is 0.345 e. The number of nitrogens with one attached hydrogen (secondary N) is 4. The van der Waals surface area contributed by atoms with Crippen LogP contribution >= 0.6 is 0 Å². The van der Waals surface area contributed by atoms with E-state index in [1.807, 2.05) is 0 Å². The van der Waals surface area contributed by atoms with Gasteiger partial charge in [-0.3, -0.25) is 33.6 Å². The SMILES string of the molecule is CC(C)CC1=C(CC(C)C)CC2C(=O)N(CC1)CC(=O)NCC(=O)NCC(=O)N(C)CC(=O)NCC(=O)NC(C)C(=O)N2C. The lowest BCUT2D eigenvalue weighted by molar-refractivity contribution is -0.147. The third kappa shape index (κ3) is 11.3. The topological polar surface area (TPSA) is 177 Å². The third-order valence-corrected chi connectivity index (χ3v) is 7.56. The van der Waals surface area contributed by atoms with Crippen molar-refractivity contribution >= 4 is 41.4 Å². The molecule has 1 saturated heterocycles. The minimum atomic E-state index is -1.01. The monoisotopic (exact) mass is 619 g/mol. The Labute approximate surface area is 259 Å². The van der Waals surface area contributed by atoms with Gasteiger partial charge in [0.15, 0.2) is 0 Å².